The minimum Gasteiger partial charge on any atom is -0.496 e. The second-order valence-corrected chi connectivity index (χ2v) is 4.63. The van der Waals surface area contributed by atoms with Gasteiger partial charge in [-0.3, -0.25) is 4.79 Å². The Morgan fingerprint density at radius 1 is 1.24 bits per heavy atom. The molecule has 2 aromatic carbocycles. The predicted molar refractivity (Wildman–Crippen MR) is 80.0 cm³/mol. The lowest BCUT2D eigenvalue weighted by Gasteiger charge is -2.17. The van der Waals surface area contributed by atoms with Gasteiger partial charge in [-0.1, -0.05) is 24.3 Å². The number of carbonyl (C=O) groups excluding carboxylic acids is 1. The lowest BCUT2D eigenvalue weighted by Crippen LogP contribution is -2.26. The molecule has 106 valence electrons. The fourth-order valence-electron chi connectivity index (χ4n) is 2.11. The first kappa shape index (κ1) is 14.6. The lowest BCUT2D eigenvalue weighted by molar-refractivity contribution is 0.0939. The number of nitriles is 1. The Kier molecular flexibility index (Phi) is 4.57. The van der Waals surface area contributed by atoms with E-state index in [0.717, 1.165) is 11.3 Å². The maximum absolute atomic E-state index is 12.2. The van der Waals surface area contributed by atoms with Crippen LogP contribution in [0.3, 0.4) is 0 Å². The summed E-state index contributed by atoms with van der Waals surface area (Å²) in [6.45, 7) is 1.89. The van der Waals surface area contributed by atoms with E-state index in [0.29, 0.717) is 11.1 Å². The molecule has 4 nitrogen and oxygen atoms in total. The van der Waals surface area contributed by atoms with Gasteiger partial charge in [0, 0.05) is 11.1 Å². The Labute approximate surface area is 124 Å². The van der Waals surface area contributed by atoms with Crippen LogP contribution in [0.4, 0.5) is 0 Å². The summed E-state index contributed by atoms with van der Waals surface area (Å²) in [5, 5.41) is 11.8. The largest absolute Gasteiger partial charge is 0.496 e. The van der Waals surface area contributed by atoms with Crippen molar-refractivity contribution in [2.24, 2.45) is 0 Å². The summed E-state index contributed by atoms with van der Waals surface area (Å²) in [6, 6.07) is 16.0. The van der Waals surface area contributed by atoms with Gasteiger partial charge in [0.15, 0.2) is 0 Å². The number of benzene rings is 2. The van der Waals surface area contributed by atoms with E-state index in [1.165, 1.54) is 0 Å². The van der Waals surface area contributed by atoms with Crippen LogP contribution in [0.2, 0.25) is 0 Å². The van der Waals surface area contributed by atoms with Crippen LogP contribution in [0.15, 0.2) is 48.5 Å². The normalized spacial score (nSPS) is 11.3. The molecule has 4 heteroatoms. The van der Waals surface area contributed by atoms with Crippen molar-refractivity contribution in [1.82, 2.24) is 5.32 Å². The summed E-state index contributed by atoms with van der Waals surface area (Å²) in [5.41, 5.74) is 1.84. The number of nitrogens with one attached hydrogen (secondary N) is 1. The Hall–Kier alpha value is -2.80. The number of hydrogen-bond acceptors (Lipinski definition) is 3. The molecule has 0 unspecified atom stereocenters. The number of hydrogen-bond donors (Lipinski definition) is 1. The lowest BCUT2D eigenvalue weighted by atomic mass is 10.1. The third kappa shape index (κ3) is 3.40. The maximum Gasteiger partial charge on any atom is 0.251 e. The molecule has 0 aliphatic heterocycles. The molecular weight excluding hydrogens is 264 g/mol. The fraction of sp³-hybridized carbons (Fsp3) is 0.176. The molecule has 1 N–H and O–H groups in total. The third-order valence-electron chi connectivity index (χ3n) is 3.21. The van der Waals surface area contributed by atoms with Gasteiger partial charge in [-0.2, -0.15) is 5.26 Å². The number of rotatable bonds is 4. The van der Waals surface area contributed by atoms with Crippen LogP contribution in [-0.2, 0) is 0 Å². The Morgan fingerprint density at radius 3 is 2.71 bits per heavy atom. The zero-order chi connectivity index (χ0) is 15.2. The Balaban J connectivity index is 2.17. The molecule has 1 amide bonds. The van der Waals surface area contributed by atoms with Gasteiger partial charge in [0.1, 0.15) is 5.75 Å². The van der Waals surface area contributed by atoms with Crippen LogP contribution in [0.1, 0.15) is 34.5 Å². The molecule has 0 aliphatic carbocycles. The minimum absolute atomic E-state index is 0.195. The molecular formula is C17H16N2O2. The van der Waals surface area contributed by atoms with Crippen LogP contribution in [0.25, 0.3) is 0 Å². The van der Waals surface area contributed by atoms with E-state index in [1.54, 1.807) is 31.4 Å². The number of amides is 1. The van der Waals surface area contributed by atoms with Crippen LogP contribution < -0.4 is 10.1 Å². The molecule has 1 atom stereocenters. The van der Waals surface area contributed by atoms with Crippen molar-refractivity contribution in [1.29, 1.82) is 5.26 Å². The molecule has 0 bridgehead atoms. The summed E-state index contributed by atoms with van der Waals surface area (Å²) in [7, 11) is 1.60. The highest BCUT2D eigenvalue weighted by atomic mass is 16.5. The van der Waals surface area contributed by atoms with E-state index in [2.05, 4.69) is 5.32 Å². The minimum atomic E-state index is -0.217. The average Bonchev–Trinajstić information content (AvgIpc) is 2.54. The van der Waals surface area contributed by atoms with E-state index < -0.39 is 0 Å². The van der Waals surface area contributed by atoms with Crippen molar-refractivity contribution in [3.8, 4) is 11.8 Å². The van der Waals surface area contributed by atoms with Gasteiger partial charge >= 0.3 is 0 Å². The monoisotopic (exact) mass is 280 g/mol. The topological polar surface area (TPSA) is 62.1 Å². The molecule has 0 saturated heterocycles. The van der Waals surface area contributed by atoms with Gasteiger partial charge in [-0.05, 0) is 31.2 Å². The third-order valence-corrected chi connectivity index (χ3v) is 3.21. The number of ether oxygens (including phenoxy) is 1. The molecule has 0 aromatic heterocycles. The van der Waals surface area contributed by atoms with Crippen LogP contribution in [-0.4, -0.2) is 13.0 Å². The molecule has 0 saturated carbocycles. The van der Waals surface area contributed by atoms with Gasteiger partial charge in [0.05, 0.1) is 24.8 Å². The van der Waals surface area contributed by atoms with Crippen molar-refractivity contribution >= 4 is 5.91 Å². The van der Waals surface area contributed by atoms with Crippen LogP contribution >= 0.6 is 0 Å². The Bertz CT molecular complexity index is 689. The molecule has 2 rings (SSSR count). The van der Waals surface area contributed by atoms with Crippen molar-refractivity contribution in [2.45, 2.75) is 13.0 Å². The standard InChI is InChI=1S/C17H16N2O2/c1-12(15-8-3-4-9-16(15)21-2)19-17(20)14-7-5-6-13(10-14)11-18/h3-10,12H,1-2H3,(H,19,20)/t12-/m0/s1. The van der Waals surface area contributed by atoms with Crippen molar-refractivity contribution in [3.05, 3.63) is 65.2 Å². The zero-order valence-electron chi connectivity index (χ0n) is 12.0. The summed E-state index contributed by atoms with van der Waals surface area (Å²) < 4.78 is 5.30. The predicted octanol–water partition coefficient (Wildman–Crippen LogP) is 3.06. The van der Waals surface area contributed by atoms with E-state index >= 15 is 0 Å². The first-order valence-electron chi connectivity index (χ1n) is 6.59. The summed E-state index contributed by atoms with van der Waals surface area (Å²) in [6.07, 6.45) is 0. The fourth-order valence-corrected chi connectivity index (χ4v) is 2.11. The highest BCUT2D eigenvalue weighted by Gasteiger charge is 2.14. The van der Waals surface area contributed by atoms with Crippen LogP contribution in [0, 0.1) is 11.3 Å². The molecule has 0 aliphatic rings. The van der Waals surface area contributed by atoms with Gasteiger partial charge in [0.2, 0.25) is 0 Å². The molecule has 0 spiro atoms. The number of para-hydroxylation sites is 1. The number of nitrogens with zero attached hydrogens (tertiary/aromatic N) is 1. The van der Waals surface area contributed by atoms with E-state index in [-0.39, 0.29) is 11.9 Å². The van der Waals surface area contributed by atoms with Gasteiger partial charge in [0.25, 0.3) is 5.91 Å². The molecule has 2 aromatic rings. The van der Waals surface area contributed by atoms with E-state index in [1.807, 2.05) is 37.3 Å². The summed E-state index contributed by atoms with van der Waals surface area (Å²) >= 11 is 0. The summed E-state index contributed by atoms with van der Waals surface area (Å²) in [5.74, 6) is 0.515. The van der Waals surface area contributed by atoms with Gasteiger partial charge < -0.3 is 10.1 Å². The highest BCUT2D eigenvalue weighted by molar-refractivity contribution is 5.94. The van der Waals surface area contributed by atoms with Gasteiger partial charge in [-0.25, -0.2) is 0 Å². The Morgan fingerprint density at radius 2 is 2.00 bits per heavy atom. The van der Waals surface area contributed by atoms with Crippen molar-refractivity contribution < 1.29 is 9.53 Å². The first-order chi connectivity index (χ1) is 10.2. The van der Waals surface area contributed by atoms with Crippen molar-refractivity contribution in [3.63, 3.8) is 0 Å². The maximum atomic E-state index is 12.2. The average molecular weight is 280 g/mol. The highest BCUT2D eigenvalue weighted by Crippen LogP contribution is 2.24. The molecule has 0 radical (unpaired) electrons. The second-order valence-electron chi connectivity index (χ2n) is 4.63. The summed E-state index contributed by atoms with van der Waals surface area (Å²) in [4.78, 5) is 12.2. The quantitative estimate of drug-likeness (QED) is 0.936. The number of carbonyl (C=O) groups is 1. The molecule has 21 heavy (non-hydrogen) atoms. The zero-order valence-corrected chi connectivity index (χ0v) is 12.0. The number of methoxy groups -OCH3 is 1. The SMILES string of the molecule is COc1ccccc1[C@H](C)NC(=O)c1cccc(C#N)c1. The van der Waals surface area contributed by atoms with E-state index in [9.17, 15) is 4.79 Å². The smallest absolute Gasteiger partial charge is 0.251 e. The molecule has 0 fully saturated rings. The van der Waals surface area contributed by atoms with Crippen LogP contribution in [0.5, 0.6) is 5.75 Å². The second kappa shape index (κ2) is 6.58. The van der Waals surface area contributed by atoms with Crippen molar-refractivity contribution in [2.75, 3.05) is 7.11 Å². The first-order valence-corrected chi connectivity index (χ1v) is 6.59. The molecule has 0 heterocycles. The van der Waals surface area contributed by atoms with Gasteiger partial charge in [-0.15, -0.1) is 0 Å². The van der Waals surface area contributed by atoms with E-state index in [4.69, 9.17) is 10.00 Å².